The molecule has 6 nitrogen and oxygen atoms in total. The zero-order valence-electron chi connectivity index (χ0n) is 9.10. The predicted molar refractivity (Wildman–Crippen MR) is 57.2 cm³/mol. The molecule has 0 bridgehead atoms. The number of pyridine rings is 1. The molecule has 0 spiro atoms. The lowest BCUT2D eigenvalue weighted by Gasteiger charge is -2.03. The summed E-state index contributed by atoms with van der Waals surface area (Å²) < 4.78 is 10.2. The van der Waals surface area contributed by atoms with Crippen molar-refractivity contribution in [2.45, 2.75) is 13.5 Å². The molecule has 2 rings (SSSR count). The normalized spacial score (nSPS) is 10.1. The summed E-state index contributed by atoms with van der Waals surface area (Å²) in [6, 6.07) is 3.65. The summed E-state index contributed by atoms with van der Waals surface area (Å²) in [5.74, 6) is 1.69. The Morgan fingerprint density at radius 2 is 2.25 bits per heavy atom. The third kappa shape index (κ3) is 2.47. The number of nitrogens with one attached hydrogen (secondary N) is 1. The fourth-order valence-electron chi connectivity index (χ4n) is 1.19. The summed E-state index contributed by atoms with van der Waals surface area (Å²) in [4.78, 5) is 4.06. The highest BCUT2D eigenvalue weighted by molar-refractivity contribution is 5.41. The van der Waals surface area contributed by atoms with E-state index in [9.17, 15) is 0 Å². The van der Waals surface area contributed by atoms with Gasteiger partial charge in [-0.25, -0.2) is 4.98 Å². The first-order valence-corrected chi connectivity index (χ1v) is 4.81. The van der Waals surface area contributed by atoms with E-state index in [4.69, 9.17) is 9.15 Å². The maximum absolute atomic E-state index is 5.22. The topological polar surface area (TPSA) is 73.1 Å². The molecule has 0 aliphatic carbocycles. The molecule has 1 N–H and O–H groups in total. The summed E-state index contributed by atoms with van der Waals surface area (Å²) in [7, 11) is 1.58. The summed E-state index contributed by atoms with van der Waals surface area (Å²) in [6.45, 7) is 2.24. The highest BCUT2D eigenvalue weighted by atomic mass is 16.5. The van der Waals surface area contributed by atoms with Gasteiger partial charge < -0.3 is 14.5 Å². The number of hydrogen-bond acceptors (Lipinski definition) is 6. The van der Waals surface area contributed by atoms with Gasteiger partial charge in [-0.15, -0.1) is 10.2 Å². The number of methoxy groups -OCH3 is 1. The number of rotatable bonds is 4. The van der Waals surface area contributed by atoms with Gasteiger partial charge in [0.05, 0.1) is 25.5 Å². The van der Waals surface area contributed by atoms with Crippen molar-refractivity contribution in [2.24, 2.45) is 0 Å². The van der Waals surface area contributed by atoms with Crippen molar-refractivity contribution in [3.63, 3.8) is 0 Å². The summed E-state index contributed by atoms with van der Waals surface area (Å²) in [5, 5.41) is 10.7. The molecule has 0 atom stereocenters. The summed E-state index contributed by atoms with van der Waals surface area (Å²) in [5.41, 5.74) is 0.872. The van der Waals surface area contributed by atoms with Crippen LogP contribution in [0.5, 0.6) is 5.88 Å². The zero-order valence-corrected chi connectivity index (χ0v) is 9.10. The number of anilines is 1. The monoisotopic (exact) mass is 220 g/mol. The molecule has 0 unspecified atom stereocenters. The molecule has 16 heavy (non-hydrogen) atoms. The zero-order chi connectivity index (χ0) is 11.4. The molecule has 0 saturated carbocycles. The Hall–Kier alpha value is -2.11. The number of aryl methyl sites for hydroxylation is 1. The SMILES string of the molecule is COc1ccc(NCc2nnc(C)o2)cn1. The van der Waals surface area contributed by atoms with Crippen molar-refractivity contribution in [1.29, 1.82) is 0 Å². The van der Waals surface area contributed by atoms with Gasteiger partial charge in [-0.2, -0.15) is 0 Å². The molecule has 2 aromatic heterocycles. The molecule has 0 amide bonds. The molecule has 0 fully saturated rings. The molecule has 0 aliphatic heterocycles. The van der Waals surface area contributed by atoms with Crippen LogP contribution in [0.25, 0.3) is 0 Å². The van der Waals surface area contributed by atoms with Crippen LogP contribution in [0.15, 0.2) is 22.7 Å². The van der Waals surface area contributed by atoms with E-state index in [1.807, 2.05) is 6.07 Å². The van der Waals surface area contributed by atoms with E-state index >= 15 is 0 Å². The second-order valence-electron chi connectivity index (χ2n) is 3.16. The quantitative estimate of drug-likeness (QED) is 0.839. The van der Waals surface area contributed by atoms with Gasteiger partial charge in [0.25, 0.3) is 0 Å². The van der Waals surface area contributed by atoms with Crippen LogP contribution in [-0.4, -0.2) is 22.3 Å². The Morgan fingerprint density at radius 1 is 1.38 bits per heavy atom. The van der Waals surface area contributed by atoms with Gasteiger partial charge in [0.1, 0.15) is 0 Å². The van der Waals surface area contributed by atoms with Gasteiger partial charge in [0.2, 0.25) is 17.7 Å². The van der Waals surface area contributed by atoms with Crippen LogP contribution in [0.2, 0.25) is 0 Å². The third-order valence-electron chi connectivity index (χ3n) is 1.96. The van der Waals surface area contributed by atoms with Crippen LogP contribution >= 0.6 is 0 Å². The van der Waals surface area contributed by atoms with Crippen LogP contribution in [0.1, 0.15) is 11.8 Å². The lowest BCUT2D eigenvalue weighted by atomic mass is 10.4. The average Bonchev–Trinajstić information content (AvgIpc) is 2.73. The van der Waals surface area contributed by atoms with E-state index in [0.717, 1.165) is 5.69 Å². The van der Waals surface area contributed by atoms with E-state index in [2.05, 4.69) is 20.5 Å². The van der Waals surface area contributed by atoms with Crippen LogP contribution in [0, 0.1) is 6.92 Å². The second kappa shape index (κ2) is 4.61. The van der Waals surface area contributed by atoms with Gasteiger partial charge in [-0.1, -0.05) is 0 Å². The minimum atomic E-state index is 0.481. The van der Waals surface area contributed by atoms with Crippen molar-refractivity contribution < 1.29 is 9.15 Å². The Kier molecular flexibility index (Phi) is 3.00. The Balaban J connectivity index is 1.94. The van der Waals surface area contributed by atoms with E-state index in [0.29, 0.717) is 24.2 Å². The van der Waals surface area contributed by atoms with Crippen molar-refractivity contribution in [2.75, 3.05) is 12.4 Å². The number of nitrogens with zero attached hydrogens (tertiary/aromatic N) is 3. The first kappa shape index (κ1) is 10.4. The maximum Gasteiger partial charge on any atom is 0.235 e. The predicted octanol–water partition coefficient (Wildman–Crippen LogP) is 1.39. The van der Waals surface area contributed by atoms with Crippen molar-refractivity contribution in [3.05, 3.63) is 30.1 Å². The van der Waals surface area contributed by atoms with E-state index in [1.165, 1.54) is 0 Å². The van der Waals surface area contributed by atoms with Crippen LogP contribution in [0.4, 0.5) is 5.69 Å². The Labute approximate surface area is 92.7 Å². The van der Waals surface area contributed by atoms with Crippen LogP contribution < -0.4 is 10.1 Å². The van der Waals surface area contributed by atoms with Gasteiger partial charge in [-0.3, -0.25) is 0 Å². The van der Waals surface area contributed by atoms with E-state index in [-0.39, 0.29) is 0 Å². The molecule has 0 saturated heterocycles. The summed E-state index contributed by atoms with van der Waals surface area (Å²) in [6.07, 6.45) is 1.68. The van der Waals surface area contributed by atoms with E-state index < -0.39 is 0 Å². The third-order valence-corrected chi connectivity index (χ3v) is 1.96. The molecule has 0 aromatic carbocycles. The average molecular weight is 220 g/mol. The largest absolute Gasteiger partial charge is 0.481 e. The van der Waals surface area contributed by atoms with Gasteiger partial charge in [0.15, 0.2) is 0 Å². The van der Waals surface area contributed by atoms with Crippen molar-refractivity contribution in [1.82, 2.24) is 15.2 Å². The Morgan fingerprint density at radius 3 is 2.81 bits per heavy atom. The number of ether oxygens (including phenoxy) is 1. The number of hydrogen-bond donors (Lipinski definition) is 1. The summed E-state index contributed by atoms with van der Waals surface area (Å²) >= 11 is 0. The van der Waals surface area contributed by atoms with Crippen LogP contribution in [0.3, 0.4) is 0 Å². The fourth-order valence-corrected chi connectivity index (χ4v) is 1.19. The molecule has 84 valence electrons. The minimum Gasteiger partial charge on any atom is -0.481 e. The molecular weight excluding hydrogens is 208 g/mol. The standard InChI is InChI=1S/C10H12N4O2/c1-7-13-14-10(16-7)6-11-8-3-4-9(15-2)12-5-8/h3-5,11H,6H2,1-2H3. The van der Waals surface area contributed by atoms with Crippen LogP contribution in [-0.2, 0) is 6.54 Å². The van der Waals surface area contributed by atoms with Gasteiger partial charge >= 0.3 is 0 Å². The molecule has 2 heterocycles. The highest BCUT2D eigenvalue weighted by Crippen LogP contribution is 2.11. The van der Waals surface area contributed by atoms with E-state index in [1.54, 1.807) is 26.3 Å². The highest BCUT2D eigenvalue weighted by Gasteiger charge is 2.01. The lowest BCUT2D eigenvalue weighted by Crippen LogP contribution is -2.00. The lowest BCUT2D eigenvalue weighted by molar-refractivity contribution is 0.398. The van der Waals surface area contributed by atoms with Gasteiger partial charge in [0, 0.05) is 13.0 Å². The Bertz CT molecular complexity index is 452. The molecular formula is C10H12N4O2. The maximum atomic E-state index is 5.22. The minimum absolute atomic E-state index is 0.481. The first-order valence-electron chi connectivity index (χ1n) is 4.81. The molecule has 2 aromatic rings. The van der Waals surface area contributed by atoms with Crippen molar-refractivity contribution >= 4 is 5.69 Å². The fraction of sp³-hybridized carbons (Fsp3) is 0.300. The second-order valence-corrected chi connectivity index (χ2v) is 3.16. The smallest absolute Gasteiger partial charge is 0.235 e. The first-order chi connectivity index (χ1) is 7.78. The molecule has 0 aliphatic rings. The van der Waals surface area contributed by atoms with Crippen molar-refractivity contribution in [3.8, 4) is 5.88 Å². The number of aromatic nitrogens is 3. The molecule has 0 radical (unpaired) electrons. The van der Waals surface area contributed by atoms with Gasteiger partial charge in [-0.05, 0) is 6.07 Å². The molecule has 6 heteroatoms.